The molecule has 0 aliphatic heterocycles. The molecule has 0 fully saturated rings. The predicted molar refractivity (Wildman–Crippen MR) is 171 cm³/mol. The Morgan fingerprint density at radius 3 is 2.59 bits per heavy atom. The summed E-state index contributed by atoms with van der Waals surface area (Å²) in [6.45, 7) is 21.7. The van der Waals surface area contributed by atoms with Crippen molar-refractivity contribution in [1.82, 2.24) is 25.4 Å². The molecule has 0 saturated carbocycles. The minimum atomic E-state index is 0.726. The predicted octanol–water partition coefficient (Wildman–Crippen LogP) is 8.31. The number of aromatic nitrogens is 3. The minimum Gasteiger partial charge on any atom is -0.358 e. The molecule has 0 unspecified atom stereocenters. The van der Waals surface area contributed by atoms with Gasteiger partial charge in [-0.2, -0.15) is 5.10 Å². The molecule has 0 spiro atoms. The second-order valence-electron chi connectivity index (χ2n) is 9.84. The molecule has 3 heterocycles. The number of hydrogen-bond acceptors (Lipinski definition) is 5. The van der Waals surface area contributed by atoms with Crippen LogP contribution in [0.3, 0.4) is 0 Å². The average molecular weight is 540 g/mol. The number of pyridine rings is 1. The van der Waals surface area contributed by atoms with Crippen molar-refractivity contribution in [3.8, 4) is 0 Å². The number of hydrogen-bond donors (Lipinski definition) is 2. The fraction of sp³-hybridized carbons (Fsp3) is 0.273. The van der Waals surface area contributed by atoms with E-state index in [0.717, 1.165) is 69.8 Å². The van der Waals surface area contributed by atoms with E-state index in [1.165, 1.54) is 15.3 Å². The third-order valence-corrected chi connectivity index (χ3v) is 7.64. The maximum atomic E-state index is 4.71. The van der Waals surface area contributed by atoms with Crippen molar-refractivity contribution in [3.05, 3.63) is 112 Å². The van der Waals surface area contributed by atoms with Crippen LogP contribution >= 0.6 is 11.3 Å². The fourth-order valence-electron chi connectivity index (χ4n) is 4.31. The Morgan fingerprint density at radius 2 is 1.97 bits per heavy atom. The molecular formula is C33H41N5S. The third kappa shape index (κ3) is 7.65. The summed E-state index contributed by atoms with van der Waals surface area (Å²) < 4.78 is 0. The standard InChI is InChI=1S/C33H41N5S/c1-10-14-28(32-17-16-22(4)39-32)23(5)24(6)35-25(7)33-29-20-30(34-21-31(29)36-37-33)27(12-3)19-26(11-2)15-13-18-38(8)9/h10-12,14,16-17,19-21,35H,1-2,7,13,15,18H2,3-6,8-9H3,(H,36,37)/b24-23+,26-19+,27-12+,28-14+. The summed E-state index contributed by atoms with van der Waals surface area (Å²) >= 11 is 1.77. The van der Waals surface area contributed by atoms with E-state index in [1.54, 1.807) is 11.3 Å². The molecule has 0 aromatic carbocycles. The van der Waals surface area contributed by atoms with Crippen molar-refractivity contribution in [2.45, 2.75) is 40.5 Å². The van der Waals surface area contributed by atoms with Gasteiger partial charge in [0.05, 0.1) is 23.1 Å². The number of fused-ring (bicyclic) bond motifs is 1. The molecule has 2 N–H and O–H groups in total. The first-order valence-electron chi connectivity index (χ1n) is 13.2. The quantitative estimate of drug-likeness (QED) is 0.215. The van der Waals surface area contributed by atoms with E-state index in [9.17, 15) is 0 Å². The maximum absolute atomic E-state index is 4.71. The van der Waals surface area contributed by atoms with Gasteiger partial charge in [0.15, 0.2) is 0 Å². The highest BCUT2D eigenvalue weighted by molar-refractivity contribution is 7.13. The van der Waals surface area contributed by atoms with Crippen LogP contribution in [-0.4, -0.2) is 40.7 Å². The Bertz CT molecular complexity index is 1470. The number of thiophene rings is 1. The minimum absolute atomic E-state index is 0.726. The first-order chi connectivity index (χ1) is 18.7. The van der Waals surface area contributed by atoms with Gasteiger partial charge >= 0.3 is 0 Å². The van der Waals surface area contributed by atoms with Crippen LogP contribution in [0.4, 0.5) is 0 Å². The van der Waals surface area contributed by atoms with Gasteiger partial charge in [0.2, 0.25) is 0 Å². The molecular weight excluding hydrogens is 498 g/mol. The van der Waals surface area contributed by atoms with E-state index in [4.69, 9.17) is 4.98 Å². The van der Waals surface area contributed by atoms with Crippen molar-refractivity contribution < 1.29 is 0 Å². The molecule has 0 bridgehead atoms. The van der Waals surface area contributed by atoms with Gasteiger partial charge in [0.1, 0.15) is 5.69 Å². The molecule has 0 aliphatic rings. The molecule has 0 aliphatic carbocycles. The molecule has 6 heteroatoms. The topological polar surface area (TPSA) is 56.8 Å². The first kappa shape index (κ1) is 29.8. The van der Waals surface area contributed by atoms with E-state index in [2.05, 4.69) is 111 Å². The number of H-pyrrole nitrogens is 1. The molecule has 0 atom stereocenters. The van der Waals surface area contributed by atoms with Gasteiger partial charge < -0.3 is 10.2 Å². The highest BCUT2D eigenvalue weighted by Gasteiger charge is 2.14. The first-order valence-corrected chi connectivity index (χ1v) is 14.0. The molecule has 0 radical (unpaired) electrons. The molecule has 3 rings (SSSR count). The Morgan fingerprint density at radius 1 is 1.21 bits per heavy atom. The SMILES string of the molecule is C=C/C=C(\C(C)=C(/C)NC(=C)c1n[nH]c2cnc(C(/C=C(\C=C)CCCN(C)C)=C/C)cc12)c1ccc(C)s1. The highest BCUT2D eigenvalue weighted by atomic mass is 32.1. The third-order valence-electron chi connectivity index (χ3n) is 6.61. The van der Waals surface area contributed by atoms with Crippen LogP contribution in [-0.2, 0) is 0 Å². The van der Waals surface area contributed by atoms with Crippen LogP contribution in [0.25, 0.3) is 27.7 Å². The second kappa shape index (κ2) is 13.9. The van der Waals surface area contributed by atoms with Crippen molar-refractivity contribution in [2.75, 3.05) is 20.6 Å². The van der Waals surface area contributed by atoms with Gasteiger partial charge in [-0.3, -0.25) is 10.1 Å². The Hall–Kier alpha value is -3.74. The Kier molecular flexibility index (Phi) is 10.6. The van der Waals surface area contributed by atoms with Crippen LogP contribution in [0, 0.1) is 6.92 Å². The van der Waals surface area contributed by atoms with E-state index < -0.39 is 0 Å². The number of nitrogens with zero attached hydrogens (tertiary/aromatic N) is 3. The molecule has 0 saturated heterocycles. The smallest absolute Gasteiger partial charge is 0.116 e. The number of rotatable bonds is 13. The monoisotopic (exact) mass is 539 g/mol. The van der Waals surface area contributed by atoms with Crippen LogP contribution in [0.5, 0.6) is 0 Å². The van der Waals surface area contributed by atoms with Gasteiger partial charge in [-0.15, -0.1) is 11.3 Å². The van der Waals surface area contributed by atoms with E-state index >= 15 is 0 Å². The van der Waals surface area contributed by atoms with Crippen LogP contribution < -0.4 is 5.32 Å². The average Bonchev–Trinajstić information content (AvgIpc) is 3.54. The lowest BCUT2D eigenvalue weighted by molar-refractivity contribution is 0.400. The van der Waals surface area contributed by atoms with Crippen molar-refractivity contribution >= 4 is 39.1 Å². The lowest BCUT2D eigenvalue weighted by atomic mass is 10.0. The molecule has 3 aromatic rings. The summed E-state index contributed by atoms with van der Waals surface area (Å²) in [5.41, 5.74) is 8.80. The normalized spacial score (nSPS) is 13.6. The number of aromatic amines is 1. The van der Waals surface area contributed by atoms with Gasteiger partial charge in [0, 0.05) is 20.8 Å². The highest BCUT2D eigenvalue weighted by Crippen LogP contribution is 2.31. The summed E-state index contributed by atoms with van der Waals surface area (Å²) in [4.78, 5) is 9.40. The van der Waals surface area contributed by atoms with Crippen molar-refractivity contribution in [1.29, 1.82) is 0 Å². The summed E-state index contributed by atoms with van der Waals surface area (Å²) in [7, 11) is 4.19. The molecule has 5 nitrogen and oxygen atoms in total. The largest absolute Gasteiger partial charge is 0.358 e. The summed E-state index contributed by atoms with van der Waals surface area (Å²) in [6.07, 6.45) is 14.0. The van der Waals surface area contributed by atoms with Crippen LogP contribution in [0.2, 0.25) is 0 Å². The lowest BCUT2D eigenvalue weighted by Gasteiger charge is -2.14. The Labute approximate surface area is 237 Å². The van der Waals surface area contributed by atoms with Crippen molar-refractivity contribution in [3.63, 3.8) is 0 Å². The number of aryl methyl sites for hydroxylation is 1. The number of allylic oxidation sites excluding steroid dienone is 10. The van der Waals surface area contributed by atoms with Gasteiger partial charge in [-0.05, 0) is 108 Å². The van der Waals surface area contributed by atoms with E-state index in [1.807, 2.05) is 25.3 Å². The van der Waals surface area contributed by atoms with Crippen LogP contribution in [0.1, 0.15) is 54.8 Å². The summed E-state index contributed by atoms with van der Waals surface area (Å²) in [5, 5.41) is 12.2. The van der Waals surface area contributed by atoms with E-state index in [0.29, 0.717) is 0 Å². The summed E-state index contributed by atoms with van der Waals surface area (Å²) in [5.74, 6) is 0. The van der Waals surface area contributed by atoms with Gasteiger partial charge in [-0.25, -0.2) is 0 Å². The molecule has 3 aromatic heterocycles. The second-order valence-corrected chi connectivity index (χ2v) is 11.1. The Balaban J connectivity index is 1.89. The molecule has 204 valence electrons. The van der Waals surface area contributed by atoms with Crippen molar-refractivity contribution in [2.24, 2.45) is 0 Å². The zero-order chi connectivity index (χ0) is 28.5. The molecule has 39 heavy (non-hydrogen) atoms. The maximum Gasteiger partial charge on any atom is 0.116 e. The zero-order valence-corrected chi connectivity index (χ0v) is 25.0. The zero-order valence-electron chi connectivity index (χ0n) is 24.2. The molecule has 0 amide bonds. The van der Waals surface area contributed by atoms with Crippen LogP contribution in [0.15, 0.2) is 91.4 Å². The van der Waals surface area contributed by atoms with Gasteiger partial charge in [-0.1, -0.05) is 44.0 Å². The van der Waals surface area contributed by atoms with Gasteiger partial charge in [0.25, 0.3) is 0 Å². The summed E-state index contributed by atoms with van der Waals surface area (Å²) in [6, 6.07) is 6.38. The van der Waals surface area contributed by atoms with E-state index in [-0.39, 0.29) is 0 Å². The lowest BCUT2D eigenvalue weighted by Crippen LogP contribution is -2.12. The number of nitrogens with one attached hydrogen (secondary N) is 2. The fourth-order valence-corrected chi connectivity index (χ4v) is 5.26.